The van der Waals surface area contributed by atoms with Crippen LogP contribution < -0.4 is 10.6 Å². The molecule has 0 radical (unpaired) electrons. The van der Waals surface area contributed by atoms with Gasteiger partial charge in [0, 0.05) is 0 Å². The highest BCUT2D eigenvalue weighted by molar-refractivity contribution is 5.63. The first-order valence-electron chi connectivity index (χ1n) is 3.59. The summed E-state index contributed by atoms with van der Waals surface area (Å²) >= 11 is 0. The predicted octanol–water partition coefficient (Wildman–Crippen LogP) is 0.120. The maximum Gasteiger partial charge on any atom is 0.154 e. The molecule has 0 aliphatic carbocycles. The van der Waals surface area contributed by atoms with Gasteiger partial charge in [-0.25, -0.2) is 0 Å². The predicted molar refractivity (Wildman–Crippen MR) is 41.8 cm³/mol. The van der Waals surface area contributed by atoms with Crippen LogP contribution >= 0.6 is 0 Å². The number of carbonyl (C=O) groups is 1. The van der Waals surface area contributed by atoms with Crippen molar-refractivity contribution in [3.63, 3.8) is 0 Å². The van der Waals surface area contributed by atoms with Crippen molar-refractivity contribution in [2.24, 2.45) is 0 Å². The van der Waals surface area contributed by atoms with Crippen molar-refractivity contribution in [3.05, 3.63) is 0 Å². The molecule has 0 atom stereocenters. The van der Waals surface area contributed by atoms with Gasteiger partial charge in [0.2, 0.25) is 0 Å². The molecule has 0 rings (SSSR count). The number of likely N-dealkylation sites (N-methyl/N-ethyl adjacent to an activating group) is 2. The third-order valence-corrected chi connectivity index (χ3v) is 1.74. The molecule has 0 heterocycles. The van der Waals surface area contributed by atoms with Gasteiger partial charge in [-0.3, -0.25) is 15.4 Å². The van der Waals surface area contributed by atoms with Crippen molar-refractivity contribution >= 4 is 6.29 Å². The summed E-state index contributed by atoms with van der Waals surface area (Å²) in [5.41, 5.74) is -0.505. The van der Waals surface area contributed by atoms with Gasteiger partial charge in [0.25, 0.3) is 0 Å². The Hall–Kier alpha value is -0.410. The average Bonchev–Trinajstić information content (AvgIpc) is 2.01. The lowest BCUT2D eigenvalue weighted by Gasteiger charge is -2.26. The lowest BCUT2D eigenvalue weighted by molar-refractivity contribution is -0.114. The van der Waals surface area contributed by atoms with E-state index in [0.717, 1.165) is 19.1 Å². The van der Waals surface area contributed by atoms with Crippen molar-refractivity contribution in [1.82, 2.24) is 10.6 Å². The molecule has 0 saturated carbocycles. The molecule has 0 aromatic carbocycles. The Balaban J connectivity index is 4.00. The van der Waals surface area contributed by atoms with E-state index in [1.54, 1.807) is 14.1 Å². The minimum Gasteiger partial charge on any atom is -0.300 e. The van der Waals surface area contributed by atoms with Crippen molar-refractivity contribution in [3.8, 4) is 0 Å². The van der Waals surface area contributed by atoms with Crippen LogP contribution in [0.5, 0.6) is 0 Å². The van der Waals surface area contributed by atoms with Crippen molar-refractivity contribution < 1.29 is 4.79 Å². The fourth-order valence-corrected chi connectivity index (χ4v) is 0.946. The van der Waals surface area contributed by atoms with Crippen LogP contribution in [-0.4, -0.2) is 26.0 Å². The Bertz CT molecular complexity index is 99.8. The number of aldehydes is 1. The quantitative estimate of drug-likeness (QED) is 0.425. The zero-order valence-corrected chi connectivity index (χ0v) is 6.90. The van der Waals surface area contributed by atoms with Crippen LogP contribution in [0.3, 0.4) is 0 Å². The van der Waals surface area contributed by atoms with Gasteiger partial charge in [-0.1, -0.05) is 13.3 Å². The summed E-state index contributed by atoms with van der Waals surface area (Å²) in [7, 11) is 3.56. The number of rotatable bonds is 5. The normalized spacial score (nSPS) is 11.5. The Kier molecular flexibility index (Phi) is 4.23. The zero-order valence-electron chi connectivity index (χ0n) is 6.90. The van der Waals surface area contributed by atoms with Crippen molar-refractivity contribution in [2.45, 2.75) is 25.4 Å². The Morgan fingerprint density at radius 2 is 1.90 bits per heavy atom. The minimum atomic E-state index is -0.505. The Morgan fingerprint density at radius 1 is 1.40 bits per heavy atom. The lowest BCUT2D eigenvalue weighted by atomic mass is 10.1. The fraction of sp³-hybridized carbons (Fsp3) is 0.857. The average molecular weight is 144 g/mol. The van der Waals surface area contributed by atoms with Gasteiger partial charge in [0.1, 0.15) is 5.66 Å². The summed E-state index contributed by atoms with van der Waals surface area (Å²) in [5, 5.41) is 5.87. The largest absolute Gasteiger partial charge is 0.300 e. The van der Waals surface area contributed by atoms with E-state index < -0.39 is 5.66 Å². The zero-order chi connectivity index (χ0) is 8.04. The van der Waals surface area contributed by atoms with E-state index in [0.29, 0.717) is 0 Å². The van der Waals surface area contributed by atoms with E-state index in [4.69, 9.17) is 0 Å². The van der Waals surface area contributed by atoms with Gasteiger partial charge in [0.15, 0.2) is 6.29 Å². The van der Waals surface area contributed by atoms with Crippen molar-refractivity contribution in [1.29, 1.82) is 0 Å². The second-order valence-corrected chi connectivity index (χ2v) is 2.34. The molecule has 0 unspecified atom stereocenters. The van der Waals surface area contributed by atoms with Gasteiger partial charge >= 0.3 is 0 Å². The van der Waals surface area contributed by atoms with Gasteiger partial charge < -0.3 is 0 Å². The number of hydrogen-bond donors (Lipinski definition) is 2. The van der Waals surface area contributed by atoms with Crippen LogP contribution in [0.15, 0.2) is 0 Å². The second-order valence-electron chi connectivity index (χ2n) is 2.34. The van der Waals surface area contributed by atoms with Crippen LogP contribution in [0, 0.1) is 0 Å². The molecule has 0 amide bonds. The molecule has 0 aliphatic heterocycles. The van der Waals surface area contributed by atoms with Gasteiger partial charge in [-0.05, 0) is 20.5 Å². The minimum absolute atomic E-state index is 0.505. The van der Waals surface area contributed by atoms with E-state index in [1.165, 1.54) is 0 Å². The van der Waals surface area contributed by atoms with Crippen LogP contribution in [0.2, 0.25) is 0 Å². The molecule has 10 heavy (non-hydrogen) atoms. The van der Waals surface area contributed by atoms with Crippen LogP contribution in [0.1, 0.15) is 19.8 Å². The third-order valence-electron chi connectivity index (χ3n) is 1.74. The number of hydrogen-bond acceptors (Lipinski definition) is 3. The molecular weight excluding hydrogens is 128 g/mol. The monoisotopic (exact) mass is 144 g/mol. The molecular formula is C7H16N2O. The highest BCUT2D eigenvalue weighted by atomic mass is 16.1. The molecule has 0 aromatic heterocycles. The first kappa shape index (κ1) is 9.59. The molecule has 0 aromatic rings. The molecule has 0 bridgehead atoms. The third kappa shape index (κ3) is 2.08. The molecule has 60 valence electrons. The molecule has 0 saturated heterocycles. The van der Waals surface area contributed by atoms with Gasteiger partial charge in [-0.2, -0.15) is 0 Å². The van der Waals surface area contributed by atoms with E-state index >= 15 is 0 Å². The number of nitrogens with one attached hydrogen (secondary N) is 2. The van der Waals surface area contributed by atoms with E-state index in [1.807, 2.05) is 6.92 Å². The SMILES string of the molecule is CCCC(C=O)(NC)NC. The van der Waals surface area contributed by atoms with Crippen LogP contribution in [0.25, 0.3) is 0 Å². The molecule has 3 nitrogen and oxygen atoms in total. The summed E-state index contributed by atoms with van der Waals surface area (Å²) in [6.07, 6.45) is 2.72. The smallest absolute Gasteiger partial charge is 0.154 e. The summed E-state index contributed by atoms with van der Waals surface area (Å²) in [6.45, 7) is 2.05. The van der Waals surface area contributed by atoms with Crippen LogP contribution in [-0.2, 0) is 4.79 Å². The van der Waals surface area contributed by atoms with Gasteiger partial charge in [-0.15, -0.1) is 0 Å². The second kappa shape index (κ2) is 4.41. The van der Waals surface area contributed by atoms with Crippen molar-refractivity contribution in [2.75, 3.05) is 14.1 Å². The first-order chi connectivity index (χ1) is 4.74. The summed E-state index contributed by atoms with van der Waals surface area (Å²) in [5.74, 6) is 0. The summed E-state index contributed by atoms with van der Waals surface area (Å²) in [4.78, 5) is 10.6. The highest BCUT2D eigenvalue weighted by Gasteiger charge is 2.22. The van der Waals surface area contributed by atoms with Gasteiger partial charge in [0.05, 0.1) is 0 Å². The molecule has 0 aliphatic rings. The van der Waals surface area contributed by atoms with E-state index in [9.17, 15) is 4.79 Å². The molecule has 2 N–H and O–H groups in total. The Morgan fingerprint density at radius 3 is 2.00 bits per heavy atom. The molecule has 0 fully saturated rings. The summed E-state index contributed by atoms with van der Waals surface area (Å²) in [6, 6.07) is 0. The number of carbonyl (C=O) groups excluding carboxylic acids is 1. The molecule has 3 heteroatoms. The van der Waals surface area contributed by atoms with E-state index in [-0.39, 0.29) is 0 Å². The maximum atomic E-state index is 10.6. The molecule has 0 spiro atoms. The highest BCUT2D eigenvalue weighted by Crippen LogP contribution is 2.03. The lowest BCUT2D eigenvalue weighted by Crippen LogP contribution is -2.55. The van der Waals surface area contributed by atoms with E-state index in [2.05, 4.69) is 10.6 Å². The Labute approximate surface area is 62.2 Å². The standard InChI is InChI=1S/C7H16N2O/c1-4-5-7(6-10,8-2)9-3/h6,8-9H,4-5H2,1-3H3. The summed E-state index contributed by atoms with van der Waals surface area (Å²) < 4.78 is 0. The topological polar surface area (TPSA) is 41.1 Å². The first-order valence-corrected chi connectivity index (χ1v) is 3.59. The van der Waals surface area contributed by atoms with Crippen LogP contribution in [0.4, 0.5) is 0 Å². The fourth-order valence-electron chi connectivity index (χ4n) is 0.946. The maximum absolute atomic E-state index is 10.6.